The molecule has 40 heavy (non-hydrogen) atoms. The third-order valence-corrected chi connectivity index (χ3v) is 8.64. The van der Waals surface area contributed by atoms with Crippen molar-refractivity contribution in [3.8, 4) is 0 Å². The molecule has 1 atom stereocenters. The molecule has 0 aliphatic heterocycles. The van der Waals surface area contributed by atoms with E-state index < -0.39 is 28.5 Å². The lowest BCUT2D eigenvalue weighted by Crippen LogP contribution is -2.53. The van der Waals surface area contributed by atoms with Crippen molar-refractivity contribution in [2.75, 3.05) is 10.8 Å². The van der Waals surface area contributed by atoms with Gasteiger partial charge in [-0.15, -0.1) is 0 Å². The Morgan fingerprint density at radius 2 is 1.55 bits per heavy atom. The Kier molecular flexibility index (Phi) is 10.8. The van der Waals surface area contributed by atoms with Crippen LogP contribution >= 0.6 is 11.6 Å². The minimum Gasteiger partial charge on any atom is -0.352 e. The van der Waals surface area contributed by atoms with E-state index in [-0.39, 0.29) is 23.4 Å². The molecule has 7 nitrogen and oxygen atoms in total. The number of para-hydroxylation sites is 1. The van der Waals surface area contributed by atoms with Crippen LogP contribution in [0, 0.1) is 6.92 Å². The molecule has 0 fully saturated rings. The first-order chi connectivity index (χ1) is 19.0. The molecule has 0 unspecified atom stereocenters. The summed E-state index contributed by atoms with van der Waals surface area (Å²) in [6.45, 7) is 9.01. The van der Waals surface area contributed by atoms with Crippen LogP contribution in [-0.4, -0.2) is 43.8 Å². The highest BCUT2D eigenvalue weighted by atomic mass is 35.5. The average Bonchev–Trinajstić information content (AvgIpc) is 2.92. The first-order valence-corrected chi connectivity index (χ1v) is 15.3. The van der Waals surface area contributed by atoms with Gasteiger partial charge in [-0.1, -0.05) is 73.5 Å². The number of sulfonamides is 1. The lowest BCUT2D eigenvalue weighted by Gasteiger charge is -2.34. The molecule has 3 aromatic carbocycles. The van der Waals surface area contributed by atoms with Crippen LogP contribution in [0.4, 0.5) is 5.69 Å². The molecule has 9 heteroatoms. The van der Waals surface area contributed by atoms with Gasteiger partial charge in [-0.2, -0.15) is 0 Å². The molecule has 0 spiro atoms. The first-order valence-electron chi connectivity index (χ1n) is 13.5. The predicted molar refractivity (Wildman–Crippen MR) is 161 cm³/mol. The van der Waals surface area contributed by atoms with Crippen LogP contribution in [-0.2, 0) is 32.6 Å². The number of aryl methyl sites for hydroxylation is 2. The number of hydrogen-bond acceptors (Lipinski definition) is 4. The summed E-state index contributed by atoms with van der Waals surface area (Å²) in [5.74, 6) is -0.774. The van der Waals surface area contributed by atoms with Gasteiger partial charge in [0.15, 0.2) is 0 Å². The molecule has 3 rings (SSSR count). The molecule has 0 aromatic heterocycles. The van der Waals surface area contributed by atoms with Crippen molar-refractivity contribution < 1.29 is 18.0 Å². The summed E-state index contributed by atoms with van der Waals surface area (Å²) >= 11 is 6.07. The van der Waals surface area contributed by atoms with Crippen molar-refractivity contribution in [1.29, 1.82) is 0 Å². The summed E-state index contributed by atoms with van der Waals surface area (Å²) in [6, 6.07) is 19.8. The number of nitrogens with one attached hydrogen (secondary N) is 1. The van der Waals surface area contributed by atoms with Crippen LogP contribution in [0.5, 0.6) is 0 Å². The van der Waals surface area contributed by atoms with E-state index in [9.17, 15) is 18.0 Å². The molecule has 0 saturated heterocycles. The molecule has 0 aliphatic carbocycles. The molecule has 0 radical (unpaired) electrons. The second-order valence-corrected chi connectivity index (χ2v) is 12.3. The Morgan fingerprint density at radius 3 is 2.12 bits per heavy atom. The number of amides is 2. The monoisotopic (exact) mass is 583 g/mol. The predicted octanol–water partition coefficient (Wildman–Crippen LogP) is 5.74. The molecule has 214 valence electrons. The van der Waals surface area contributed by atoms with Gasteiger partial charge in [0.05, 0.1) is 10.6 Å². The normalized spacial score (nSPS) is 12.2. The maximum atomic E-state index is 14.1. The van der Waals surface area contributed by atoms with E-state index >= 15 is 0 Å². The van der Waals surface area contributed by atoms with Gasteiger partial charge in [-0.3, -0.25) is 13.9 Å². The minimum atomic E-state index is -4.11. The largest absolute Gasteiger partial charge is 0.352 e. The number of nitrogens with zero attached hydrogens (tertiary/aromatic N) is 2. The number of benzene rings is 3. The third-order valence-electron chi connectivity index (χ3n) is 6.61. The smallest absolute Gasteiger partial charge is 0.264 e. The van der Waals surface area contributed by atoms with Gasteiger partial charge in [-0.05, 0) is 75.1 Å². The van der Waals surface area contributed by atoms with Gasteiger partial charge in [0, 0.05) is 17.6 Å². The number of hydrogen-bond donors (Lipinski definition) is 1. The first kappa shape index (κ1) is 31.2. The molecule has 3 aromatic rings. The molecule has 1 N–H and O–H groups in total. The lowest BCUT2D eigenvalue weighted by molar-refractivity contribution is -0.140. The Hall–Kier alpha value is -3.36. The van der Waals surface area contributed by atoms with E-state index in [0.29, 0.717) is 23.6 Å². The second-order valence-electron chi connectivity index (χ2n) is 10.0. The second kappa shape index (κ2) is 13.8. The summed E-state index contributed by atoms with van der Waals surface area (Å²) in [7, 11) is -4.11. The maximum Gasteiger partial charge on any atom is 0.264 e. The van der Waals surface area contributed by atoms with Crippen LogP contribution in [0.25, 0.3) is 0 Å². The van der Waals surface area contributed by atoms with Gasteiger partial charge in [0.2, 0.25) is 11.8 Å². The highest BCUT2D eigenvalue weighted by molar-refractivity contribution is 7.92. The van der Waals surface area contributed by atoms with Gasteiger partial charge in [0.25, 0.3) is 10.0 Å². The highest BCUT2D eigenvalue weighted by Crippen LogP contribution is 2.28. The van der Waals surface area contributed by atoms with E-state index in [2.05, 4.69) is 5.32 Å². The van der Waals surface area contributed by atoms with E-state index in [1.54, 1.807) is 60.7 Å². The van der Waals surface area contributed by atoms with Crippen molar-refractivity contribution in [2.45, 2.75) is 71.0 Å². The molecule has 0 heterocycles. The Balaban J connectivity index is 2.09. The van der Waals surface area contributed by atoms with Gasteiger partial charge >= 0.3 is 0 Å². The molecule has 0 aliphatic rings. The van der Waals surface area contributed by atoms with Crippen molar-refractivity contribution in [3.63, 3.8) is 0 Å². The zero-order chi connectivity index (χ0) is 29.4. The van der Waals surface area contributed by atoms with Crippen molar-refractivity contribution in [2.24, 2.45) is 0 Å². The van der Waals surface area contributed by atoms with Gasteiger partial charge in [0.1, 0.15) is 12.6 Å². The van der Waals surface area contributed by atoms with Crippen LogP contribution in [0.15, 0.2) is 77.7 Å². The number of carbonyl (C=O) groups excluding carboxylic acids is 2. The van der Waals surface area contributed by atoms with E-state index in [0.717, 1.165) is 16.7 Å². The molecular formula is C31H38ClN3O4S. The van der Waals surface area contributed by atoms with E-state index in [1.165, 1.54) is 9.21 Å². The van der Waals surface area contributed by atoms with Gasteiger partial charge < -0.3 is 10.2 Å². The molecular weight excluding hydrogens is 546 g/mol. The van der Waals surface area contributed by atoms with Gasteiger partial charge in [-0.25, -0.2) is 8.42 Å². The Labute approximate surface area is 243 Å². The number of anilines is 1. The summed E-state index contributed by atoms with van der Waals surface area (Å²) in [5.41, 5.74) is 2.92. The summed E-state index contributed by atoms with van der Waals surface area (Å²) in [5, 5.41) is 3.46. The average molecular weight is 584 g/mol. The summed E-state index contributed by atoms with van der Waals surface area (Å²) < 4.78 is 29.3. The molecule has 0 saturated carbocycles. The zero-order valence-electron chi connectivity index (χ0n) is 23.7. The number of halogens is 1. The van der Waals surface area contributed by atoms with Crippen molar-refractivity contribution in [1.82, 2.24) is 10.2 Å². The molecule has 0 bridgehead atoms. The number of rotatable bonds is 12. The van der Waals surface area contributed by atoms with Crippen molar-refractivity contribution in [3.05, 3.63) is 94.5 Å². The van der Waals surface area contributed by atoms with Crippen molar-refractivity contribution >= 4 is 39.1 Å². The molecule has 2 amide bonds. The summed E-state index contributed by atoms with van der Waals surface area (Å²) in [6.07, 6.45) is 0.932. The van der Waals surface area contributed by atoms with Crippen LogP contribution < -0.4 is 9.62 Å². The zero-order valence-corrected chi connectivity index (χ0v) is 25.3. The topological polar surface area (TPSA) is 86.8 Å². The highest BCUT2D eigenvalue weighted by Gasteiger charge is 2.34. The van der Waals surface area contributed by atoms with Crippen LogP contribution in [0.2, 0.25) is 5.02 Å². The number of carbonyl (C=O) groups is 2. The van der Waals surface area contributed by atoms with E-state index in [1.807, 2.05) is 46.8 Å². The third kappa shape index (κ3) is 7.64. The fourth-order valence-corrected chi connectivity index (χ4v) is 6.07. The van der Waals surface area contributed by atoms with E-state index in [4.69, 9.17) is 11.6 Å². The quantitative estimate of drug-likeness (QED) is 0.295. The minimum absolute atomic E-state index is 0.0886. The van der Waals surface area contributed by atoms with Crippen LogP contribution in [0.3, 0.4) is 0 Å². The summed E-state index contributed by atoms with van der Waals surface area (Å²) in [4.78, 5) is 28.9. The maximum absolute atomic E-state index is 14.1. The fraction of sp³-hybridized carbons (Fsp3) is 0.355. The SMILES string of the molecule is CCc1ccccc1N(CC(=O)N(Cc1ccc(Cl)cc1)[C@@H](CC)C(=O)NC(C)C)S(=O)(=O)c1ccc(C)cc1. The fourth-order valence-electron chi connectivity index (χ4n) is 4.49. The standard InChI is InChI=1S/C31H38ClN3O4S/c1-6-25-10-8-9-11-29(25)35(40(38,39)27-18-12-23(5)13-19-27)21-30(36)34(20-24-14-16-26(32)17-15-24)28(7-2)31(37)33-22(3)4/h8-19,22,28H,6-7,20-21H2,1-5H3,(H,33,37)/t28-/m0/s1. The Bertz CT molecular complexity index is 1410. The van der Waals surface area contributed by atoms with Crippen LogP contribution in [0.1, 0.15) is 50.8 Å². The Morgan fingerprint density at radius 1 is 0.925 bits per heavy atom. The lowest BCUT2D eigenvalue weighted by atomic mass is 10.1.